The molecule has 0 aliphatic carbocycles. The van der Waals surface area contributed by atoms with Crippen LogP contribution in [0.25, 0.3) is 0 Å². The maximum absolute atomic E-state index is 2.29. The zero-order chi connectivity index (χ0) is 17.0. The second kappa shape index (κ2) is 13.5. The monoisotopic (exact) mass is 436 g/mol. The summed E-state index contributed by atoms with van der Waals surface area (Å²) in [5.41, 5.74) is 0. The summed E-state index contributed by atoms with van der Waals surface area (Å²) in [4.78, 5) is 0. The second-order valence-corrected chi connectivity index (χ2v) is 12.8. The lowest BCUT2D eigenvalue weighted by Gasteiger charge is -2.05. The van der Waals surface area contributed by atoms with E-state index in [1.54, 1.807) is 8.47 Å². The molecule has 0 N–H and O–H groups in total. The normalized spacial score (nSPS) is 17.6. The van der Waals surface area contributed by atoms with Gasteiger partial charge < -0.3 is 0 Å². The van der Waals surface area contributed by atoms with Crippen LogP contribution >= 0.6 is 70.6 Å². The smallest absolute Gasteiger partial charge is 0.0717 e. The van der Waals surface area contributed by atoms with Gasteiger partial charge in [0.1, 0.15) is 0 Å². The summed E-state index contributed by atoms with van der Waals surface area (Å²) in [6.07, 6.45) is 10.9. The van der Waals surface area contributed by atoms with Gasteiger partial charge in [-0.3, -0.25) is 0 Å². The Labute approximate surface area is 174 Å². The van der Waals surface area contributed by atoms with E-state index >= 15 is 0 Å². The molecule has 2 heterocycles. The summed E-state index contributed by atoms with van der Waals surface area (Å²) in [6, 6.07) is 0. The first kappa shape index (κ1) is 21.6. The summed E-state index contributed by atoms with van der Waals surface area (Å²) in [6.45, 7) is 4.58. The third-order valence-electron chi connectivity index (χ3n) is 3.57. The maximum atomic E-state index is 2.29. The van der Waals surface area contributed by atoms with Crippen molar-refractivity contribution in [2.24, 2.45) is 0 Å². The zero-order valence-corrected chi connectivity index (χ0v) is 19.6. The van der Waals surface area contributed by atoms with E-state index in [1.807, 2.05) is 47.0 Å². The summed E-state index contributed by atoms with van der Waals surface area (Å²) < 4.78 is 6.15. The molecule has 0 aromatic carbocycles. The maximum Gasteiger partial charge on any atom is 0.0717 e. The van der Waals surface area contributed by atoms with Gasteiger partial charge in [-0.1, -0.05) is 99.4 Å². The molecule has 24 heavy (non-hydrogen) atoms. The number of hydrogen-bond acceptors (Lipinski definition) is 6. The molecule has 0 spiro atoms. The molecule has 2 rings (SSSR count). The van der Waals surface area contributed by atoms with Gasteiger partial charge in [0.15, 0.2) is 0 Å². The summed E-state index contributed by atoms with van der Waals surface area (Å²) >= 11 is 12.0. The Morgan fingerprint density at radius 2 is 1.17 bits per heavy atom. The highest BCUT2D eigenvalue weighted by atomic mass is 32.3. The molecule has 0 nitrogen and oxygen atoms in total. The Morgan fingerprint density at radius 1 is 0.667 bits per heavy atom. The third-order valence-corrected chi connectivity index (χ3v) is 11.9. The van der Waals surface area contributed by atoms with Gasteiger partial charge in [-0.05, 0) is 35.2 Å². The Balaban J connectivity index is 1.82. The number of thioether (sulfide) groups is 6. The van der Waals surface area contributed by atoms with Crippen LogP contribution in [0, 0.1) is 0 Å². The molecule has 2 aliphatic heterocycles. The standard InChI is InChI=1S/C18H28S6/c1-3-5-7-9-11-19-16-17(20-12-10-8-6-4-2)24-18(23-16)15-21-13-14-22-15/h13-14H,3-12H2,1-2H3. The minimum atomic E-state index is 1.28. The predicted octanol–water partition coefficient (Wildman–Crippen LogP) is 9.30. The van der Waals surface area contributed by atoms with E-state index in [1.165, 1.54) is 71.3 Å². The minimum Gasteiger partial charge on any atom is -0.117 e. The van der Waals surface area contributed by atoms with Crippen molar-refractivity contribution in [1.82, 2.24) is 0 Å². The molecule has 0 saturated carbocycles. The van der Waals surface area contributed by atoms with Gasteiger partial charge in [0.25, 0.3) is 0 Å². The molecule has 0 atom stereocenters. The van der Waals surface area contributed by atoms with Crippen LogP contribution in [-0.2, 0) is 0 Å². The summed E-state index contributed by atoms with van der Waals surface area (Å²) in [5, 5.41) is 4.42. The van der Waals surface area contributed by atoms with E-state index in [4.69, 9.17) is 0 Å². The van der Waals surface area contributed by atoms with Crippen LogP contribution in [-0.4, -0.2) is 11.5 Å². The van der Waals surface area contributed by atoms with Crippen LogP contribution in [0.15, 0.2) is 27.8 Å². The molecular weight excluding hydrogens is 409 g/mol. The molecule has 0 aromatic rings. The second-order valence-electron chi connectivity index (χ2n) is 5.68. The van der Waals surface area contributed by atoms with Crippen molar-refractivity contribution in [3.05, 3.63) is 27.8 Å². The van der Waals surface area contributed by atoms with E-state index in [2.05, 4.69) is 48.2 Å². The van der Waals surface area contributed by atoms with E-state index in [-0.39, 0.29) is 0 Å². The lowest BCUT2D eigenvalue weighted by molar-refractivity contribution is 0.707. The lowest BCUT2D eigenvalue weighted by atomic mass is 10.2. The van der Waals surface area contributed by atoms with Crippen molar-refractivity contribution >= 4 is 70.6 Å². The number of unbranched alkanes of at least 4 members (excludes halogenated alkanes) is 6. The van der Waals surface area contributed by atoms with Crippen LogP contribution in [0.2, 0.25) is 0 Å². The van der Waals surface area contributed by atoms with Crippen molar-refractivity contribution in [2.75, 3.05) is 11.5 Å². The fraction of sp³-hybridized carbons (Fsp3) is 0.667. The van der Waals surface area contributed by atoms with Gasteiger partial charge in [0, 0.05) is 0 Å². The van der Waals surface area contributed by atoms with Gasteiger partial charge in [-0.15, -0.1) is 23.5 Å². The highest BCUT2D eigenvalue weighted by molar-refractivity contribution is 8.42. The molecular formula is C18H28S6. The van der Waals surface area contributed by atoms with Crippen LogP contribution < -0.4 is 0 Å². The van der Waals surface area contributed by atoms with Crippen molar-refractivity contribution in [1.29, 1.82) is 0 Å². The molecule has 0 saturated heterocycles. The predicted molar refractivity (Wildman–Crippen MR) is 127 cm³/mol. The SMILES string of the molecule is CCCCCCSC1=C(SCCCCCC)SC(=C2SC=CS2)S1. The fourth-order valence-corrected chi connectivity index (χ4v) is 10.4. The van der Waals surface area contributed by atoms with Crippen molar-refractivity contribution in [3.63, 3.8) is 0 Å². The molecule has 0 radical (unpaired) electrons. The third kappa shape index (κ3) is 7.91. The van der Waals surface area contributed by atoms with Crippen LogP contribution in [0.5, 0.6) is 0 Å². The lowest BCUT2D eigenvalue weighted by Crippen LogP contribution is -1.83. The van der Waals surface area contributed by atoms with E-state index in [9.17, 15) is 0 Å². The summed E-state index contributed by atoms with van der Waals surface area (Å²) in [7, 11) is 0. The number of hydrogen-bond donors (Lipinski definition) is 0. The quantitative estimate of drug-likeness (QED) is 0.277. The van der Waals surface area contributed by atoms with Crippen LogP contribution in [0.4, 0.5) is 0 Å². The largest absolute Gasteiger partial charge is 0.117 e. The average molecular weight is 437 g/mol. The van der Waals surface area contributed by atoms with E-state index in [0.717, 1.165) is 0 Å². The molecule has 0 aromatic heterocycles. The van der Waals surface area contributed by atoms with Gasteiger partial charge in [0.2, 0.25) is 0 Å². The Kier molecular flexibility index (Phi) is 12.1. The molecule has 2 aliphatic rings. The Hall–Kier alpha value is 1.32. The highest BCUT2D eigenvalue weighted by Gasteiger charge is 2.25. The Bertz CT molecular complexity index is 428. The van der Waals surface area contributed by atoms with Crippen molar-refractivity contribution in [2.45, 2.75) is 65.2 Å². The van der Waals surface area contributed by atoms with Gasteiger partial charge >= 0.3 is 0 Å². The van der Waals surface area contributed by atoms with Gasteiger partial charge in [-0.25, -0.2) is 0 Å². The first-order chi connectivity index (χ1) is 11.8. The molecule has 0 fully saturated rings. The molecule has 136 valence electrons. The number of rotatable bonds is 12. The van der Waals surface area contributed by atoms with Gasteiger partial charge in [0.05, 0.1) is 16.9 Å². The Morgan fingerprint density at radius 3 is 1.62 bits per heavy atom. The van der Waals surface area contributed by atoms with E-state index < -0.39 is 0 Å². The highest BCUT2D eigenvalue weighted by Crippen LogP contribution is 2.61. The average Bonchev–Trinajstić information content (AvgIpc) is 3.24. The first-order valence-corrected chi connectivity index (χ1v) is 14.3. The van der Waals surface area contributed by atoms with E-state index in [0.29, 0.717) is 0 Å². The van der Waals surface area contributed by atoms with Crippen LogP contribution in [0.1, 0.15) is 65.2 Å². The van der Waals surface area contributed by atoms with Crippen molar-refractivity contribution in [3.8, 4) is 0 Å². The van der Waals surface area contributed by atoms with Crippen molar-refractivity contribution < 1.29 is 0 Å². The molecule has 6 heteroatoms. The molecule has 0 amide bonds. The fourth-order valence-electron chi connectivity index (χ4n) is 2.22. The van der Waals surface area contributed by atoms with Gasteiger partial charge in [-0.2, -0.15) is 0 Å². The molecule has 0 bridgehead atoms. The molecule has 0 unspecified atom stereocenters. The zero-order valence-electron chi connectivity index (χ0n) is 14.7. The topological polar surface area (TPSA) is 0 Å². The summed E-state index contributed by atoms with van der Waals surface area (Å²) in [5.74, 6) is 2.56. The van der Waals surface area contributed by atoms with Crippen LogP contribution in [0.3, 0.4) is 0 Å². The minimum absolute atomic E-state index is 1.28. The first-order valence-electron chi connectivity index (χ1n) is 8.93.